The fraction of sp³-hybridized carbons (Fsp3) is 0.154. The van der Waals surface area contributed by atoms with Gasteiger partial charge in [0.05, 0.1) is 5.69 Å². The molecule has 88 valence electrons. The molecule has 1 aromatic carbocycles. The highest BCUT2D eigenvalue weighted by Crippen LogP contribution is 2.24. The van der Waals surface area contributed by atoms with Crippen LogP contribution in [0.2, 0.25) is 0 Å². The summed E-state index contributed by atoms with van der Waals surface area (Å²) in [6, 6.07) is 8.31. The SMILES string of the molecule is Cc1cncc(NCc2ccc(Br)c(Br)c2)c1. The molecule has 0 aliphatic rings. The lowest BCUT2D eigenvalue weighted by Gasteiger charge is -2.07. The molecule has 0 bridgehead atoms. The van der Waals surface area contributed by atoms with Gasteiger partial charge in [-0.05, 0) is 68.1 Å². The van der Waals surface area contributed by atoms with Gasteiger partial charge in [0.15, 0.2) is 0 Å². The predicted molar refractivity (Wildman–Crippen MR) is 78.1 cm³/mol. The largest absolute Gasteiger partial charge is 0.380 e. The number of hydrogen-bond acceptors (Lipinski definition) is 2. The van der Waals surface area contributed by atoms with Crippen molar-refractivity contribution in [3.05, 3.63) is 56.7 Å². The Labute approximate surface area is 118 Å². The number of aryl methyl sites for hydroxylation is 1. The van der Waals surface area contributed by atoms with Crippen molar-refractivity contribution in [2.24, 2.45) is 0 Å². The average molecular weight is 356 g/mol. The number of halogens is 2. The zero-order valence-electron chi connectivity index (χ0n) is 9.37. The van der Waals surface area contributed by atoms with Crippen LogP contribution in [0.25, 0.3) is 0 Å². The molecule has 0 amide bonds. The molecule has 2 aromatic rings. The van der Waals surface area contributed by atoms with Gasteiger partial charge in [-0.25, -0.2) is 0 Å². The lowest BCUT2D eigenvalue weighted by Crippen LogP contribution is -2.00. The molecule has 0 aliphatic heterocycles. The maximum absolute atomic E-state index is 4.15. The van der Waals surface area contributed by atoms with Crippen LogP contribution >= 0.6 is 31.9 Å². The van der Waals surface area contributed by atoms with Crippen LogP contribution in [0.4, 0.5) is 5.69 Å². The van der Waals surface area contributed by atoms with Gasteiger partial charge in [0.25, 0.3) is 0 Å². The molecule has 2 rings (SSSR count). The standard InChI is InChI=1S/C13H12Br2N2/c1-9-4-11(8-16-6-9)17-7-10-2-3-12(14)13(15)5-10/h2-6,8,17H,7H2,1H3. The Morgan fingerprint density at radius 2 is 1.94 bits per heavy atom. The zero-order valence-corrected chi connectivity index (χ0v) is 12.5. The highest BCUT2D eigenvalue weighted by atomic mass is 79.9. The smallest absolute Gasteiger partial charge is 0.0532 e. The molecule has 4 heteroatoms. The summed E-state index contributed by atoms with van der Waals surface area (Å²) in [5.74, 6) is 0. The first-order valence-electron chi connectivity index (χ1n) is 5.24. The predicted octanol–water partition coefficient (Wildman–Crippen LogP) is 4.53. The van der Waals surface area contributed by atoms with Gasteiger partial charge in [-0.2, -0.15) is 0 Å². The Bertz CT molecular complexity index is 527. The first-order valence-corrected chi connectivity index (χ1v) is 6.83. The second-order valence-corrected chi connectivity index (χ2v) is 5.56. The molecule has 1 N–H and O–H groups in total. The highest BCUT2D eigenvalue weighted by Gasteiger charge is 1.99. The van der Waals surface area contributed by atoms with Crippen LogP contribution in [0.3, 0.4) is 0 Å². The van der Waals surface area contributed by atoms with Crippen LogP contribution in [0.5, 0.6) is 0 Å². The minimum absolute atomic E-state index is 0.789. The number of pyridine rings is 1. The van der Waals surface area contributed by atoms with Gasteiger partial charge < -0.3 is 5.32 Å². The van der Waals surface area contributed by atoms with E-state index in [0.29, 0.717) is 0 Å². The summed E-state index contributed by atoms with van der Waals surface area (Å²) in [6.45, 7) is 2.82. The second kappa shape index (κ2) is 5.65. The average Bonchev–Trinajstić information content (AvgIpc) is 2.31. The van der Waals surface area contributed by atoms with E-state index in [-0.39, 0.29) is 0 Å². The van der Waals surface area contributed by atoms with Crippen LogP contribution in [0.1, 0.15) is 11.1 Å². The number of aromatic nitrogens is 1. The molecule has 17 heavy (non-hydrogen) atoms. The summed E-state index contributed by atoms with van der Waals surface area (Å²) in [5, 5.41) is 3.35. The number of hydrogen-bond donors (Lipinski definition) is 1. The summed E-state index contributed by atoms with van der Waals surface area (Å²) in [5.41, 5.74) is 3.43. The molecular formula is C13H12Br2N2. The van der Waals surface area contributed by atoms with Gasteiger partial charge in [0, 0.05) is 27.9 Å². The minimum atomic E-state index is 0.789. The van der Waals surface area contributed by atoms with E-state index in [1.54, 1.807) is 0 Å². The van der Waals surface area contributed by atoms with Gasteiger partial charge in [0.2, 0.25) is 0 Å². The first-order chi connectivity index (χ1) is 8.15. The lowest BCUT2D eigenvalue weighted by atomic mass is 10.2. The molecule has 0 aliphatic carbocycles. The Kier molecular flexibility index (Phi) is 4.18. The first kappa shape index (κ1) is 12.6. The van der Waals surface area contributed by atoms with Crippen LogP contribution in [0.15, 0.2) is 45.6 Å². The van der Waals surface area contributed by atoms with E-state index in [2.05, 4.69) is 60.4 Å². The van der Waals surface area contributed by atoms with Gasteiger partial charge in [-0.3, -0.25) is 4.98 Å². The summed E-state index contributed by atoms with van der Waals surface area (Å²) in [6.07, 6.45) is 3.68. The summed E-state index contributed by atoms with van der Waals surface area (Å²) in [7, 11) is 0. The molecule has 1 aromatic heterocycles. The van der Waals surface area contributed by atoms with Crippen LogP contribution in [-0.4, -0.2) is 4.98 Å². The third kappa shape index (κ3) is 3.54. The molecule has 0 unspecified atom stereocenters. The molecule has 0 radical (unpaired) electrons. The van der Waals surface area contributed by atoms with Crippen molar-refractivity contribution in [3.8, 4) is 0 Å². The Balaban J connectivity index is 2.05. The van der Waals surface area contributed by atoms with Gasteiger partial charge in [-0.15, -0.1) is 0 Å². The summed E-state index contributed by atoms with van der Waals surface area (Å²) >= 11 is 6.95. The van der Waals surface area contributed by atoms with E-state index in [1.165, 1.54) is 5.56 Å². The maximum atomic E-state index is 4.15. The molecular weight excluding hydrogens is 344 g/mol. The fourth-order valence-electron chi connectivity index (χ4n) is 1.51. The van der Waals surface area contributed by atoms with E-state index in [9.17, 15) is 0 Å². The van der Waals surface area contributed by atoms with Crippen LogP contribution < -0.4 is 5.32 Å². The van der Waals surface area contributed by atoms with Gasteiger partial charge >= 0.3 is 0 Å². The molecule has 0 spiro atoms. The van der Waals surface area contributed by atoms with Gasteiger partial charge in [-0.1, -0.05) is 6.07 Å². The Hall–Kier alpha value is -0.870. The molecule has 0 saturated heterocycles. The van der Waals surface area contributed by atoms with Crippen molar-refractivity contribution in [2.75, 3.05) is 5.32 Å². The molecule has 2 nitrogen and oxygen atoms in total. The third-order valence-electron chi connectivity index (χ3n) is 2.36. The number of nitrogens with one attached hydrogen (secondary N) is 1. The zero-order chi connectivity index (χ0) is 12.3. The van der Waals surface area contributed by atoms with Crippen LogP contribution in [-0.2, 0) is 6.54 Å². The van der Waals surface area contributed by atoms with Crippen molar-refractivity contribution in [3.63, 3.8) is 0 Å². The van der Waals surface area contributed by atoms with E-state index in [0.717, 1.165) is 26.7 Å². The second-order valence-electron chi connectivity index (χ2n) is 3.85. The van der Waals surface area contributed by atoms with E-state index >= 15 is 0 Å². The van der Waals surface area contributed by atoms with E-state index in [4.69, 9.17) is 0 Å². The highest BCUT2D eigenvalue weighted by molar-refractivity contribution is 9.13. The summed E-state index contributed by atoms with van der Waals surface area (Å²) in [4.78, 5) is 4.15. The van der Waals surface area contributed by atoms with Crippen molar-refractivity contribution >= 4 is 37.5 Å². The van der Waals surface area contributed by atoms with Crippen molar-refractivity contribution in [1.82, 2.24) is 4.98 Å². The monoisotopic (exact) mass is 354 g/mol. The quantitative estimate of drug-likeness (QED) is 0.875. The molecule has 1 heterocycles. The third-order valence-corrected chi connectivity index (χ3v) is 4.24. The van der Waals surface area contributed by atoms with Gasteiger partial charge in [0.1, 0.15) is 0 Å². The van der Waals surface area contributed by atoms with E-state index in [1.807, 2.05) is 25.4 Å². The van der Waals surface area contributed by atoms with Crippen molar-refractivity contribution < 1.29 is 0 Å². The minimum Gasteiger partial charge on any atom is -0.380 e. The van der Waals surface area contributed by atoms with E-state index < -0.39 is 0 Å². The lowest BCUT2D eigenvalue weighted by molar-refractivity contribution is 1.13. The summed E-state index contributed by atoms with van der Waals surface area (Å²) < 4.78 is 2.14. The topological polar surface area (TPSA) is 24.9 Å². The fourth-order valence-corrected chi connectivity index (χ4v) is 2.18. The van der Waals surface area contributed by atoms with Crippen molar-refractivity contribution in [2.45, 2.75) is 13.5 Å². The Morgan fingerprint density at radius 3 is 2.65 bits per heavy atom. The number of benzene rings is 1. The van der Waals surface area contributed by atoms with Crippen LogP contribution in [0, 0.1) is 6.92 Å². The van der Waals surface area contributed by atoms with Crippen molar-refractivity contribution in [1.29, 1.82) is 0 Å². The molecule has 0 fully saturated rings. The molecule has 0 saturated carbocycles. The maximum Gasteiger partial charge on any atom is 0.0532 e. The number of anilines is 1. The Morgan fingerprint density at radius 1 is 1.12 bits per heavy atom. The number of rotatable bonds is 3. The molecule has 0 atom stereocenters. The number of nitrogens with zero attached hydrogens (tertiary/aromatic N) is 1. The normalized spacial score (nSPS) is 10.3.